The van der Waals surface area contributed by atoms with Gasteiger partial charge >= 0.3 is 0 Å². The molecular weight excluding hydrogens is 244 g/mol. The molecule has 19 heavy (non-hydrogen) atoms. The van der Waals surface area contributed by atoms with Crippen molar-refractivity contribution in [3.05, 3.63) is 29.3 Å². The van der Waals surface area contributed by atoms with Crippen LogP contribution in [0.15, 0.2) is 28.2 Å². The Labute approximate surface area is 110 Å². The normalized spacial score (nSPS) is 16.7. The van der Waals surface area contributed by atoms with Gasteiger partial charge in [0.25, 0.3) is 5.91 Å². The van der Waals surface area contributed by atoms with Crippen molar-refractivity contribution in [1.82, 2.24) is 5.32 Å². The lowest BCUT2D eigenvalue weighted by molar-refractivity contribution is 0.0940. The molecule has 2 rings (SSSR count). The molecule has 1 aromatic rings. The average molecular weight is 260 g/mol. The van der Waals surface area contributed by atoms with Crippen molar-refractivity contribution in [2.24, 2.45) is 27.2 Å². The van der Waals surface area contributed by atoms with Crippen molar-refractivity contribution >= 4 is 23.5 Å². The zero-order valence-corrected chi connectivity index (χ0v) is 10.8. The summed E-state index contributed by atoms with van der Waals surface area (Å²) in [5, 5.41) is 2.89. The summed E-state index contributed by atoms with van der Waals surface area (Å²) in [6, 6.07) is 5.26. The summed E-state index contributed by atoms with van der Waals surface area (Å²) in [6.45, 7) is 3.88. The fourth-order valence-electron chi connectivity index (χ4n) is 2.04. The van der Waals surface area contributed by atoms with Gasteiger partial charge in [0.1, 0.15) is 0 Å². The quantitative estimate of drug-likeness (QED) is 0.414. The lowest BCUT2D eigenvalue weighted by atomic mass is 9.94. The van der Waals surface area contributed by atoms with Gasteiger partial charge in [-0.1, -0.05) is 6.07 Å². The number of carbonyl (C=O) groups excluding carboxylic acids is 1. The molecule has 7 N–H and O–H groups in total. The fourth-order valence-corrected chi connectivity index (χ4v) is 2.04. The number of aliphatic imine (C=N–C) groups is 2. The van der Waals surface area contributed by atoms with Crippen molar-refractivity contribution < 1.29 is 4.79 Å². The maximum Gasteiger partial charge on any atom is 0.252 e. The van der Waals surface area contributed by atoms with E-state index in [-0.39, 0.29) is 23.4 Å². The lowest BCUT2D eigenvalue weighted by Crippen LogP contribution is -2.32. The molecule has 0 spiro atoms. The van der Waals surface area contributed by atoms with Crippen molar-refractivity contribution in [3.8, 4) is 0 Å². The molecule has 1 aromatic carbocycles. The summed E-state index contributed by atoms with van der Waals surface area (Å²) >= 11 is 0. The van der Waals surface area contributed by atoms with Crippen LogP contribution in [0, 0.1) is 0 Å². The second-order valence-corrected chi connectivity index (χ2v) is 4.82. The van der Waals surface area contributed by atoms with Crippen LogP contribution < -0.4 is 22.5 Å². The number of guanidine groups is 2. The Kier molecular flexibility index (Phi) is 2.89. The van der Waals surface area contributed by atoms with Gasteiger partial charge in [0.2, 0.25) is 5.96 Å². The van der Waals surface area contributed by atoms with Crippen LogP contribution in [-0.2, 0) is 5.54 Å². The molecule has 100 valence electrons. The van der Waals surface area contributed by atoms with Crippen LogP contribution in [-0.4, -0.2) is 17.8 Å². The monoisotopic (exact) mass is 260 g/mol. The SMILES string of the molecule is CC1(C)NC(=O)c2cc(N=C(N)N=C(N)N)ccc21. The first-order valence-electron chi connectivity index (χ1n) is 5.70. The Morgan fingerprint density at radius 3 is 2.58 bits per heavy atom. The van der Waals surface area contributed by atoms with E-state index in [1.54, 1.807) is 12.1 Å². The van der Waals surface area contributed by atoms with Gasteiger partial charge in [0.05, 0.1) is 11.2 Å². The minimum atomic E-state index is -0.375. The molecule has 0 fully saturated rings. The molecule has 0 aliphatic carbocycles. The van der Waals surface area contributed by atoms with E-state index in [4.69, 9.17) is 17.2 Å². The van der Waals surface area contributed by atoms with E-state index >= 15 is 0 Å². The summed E-state index contributed by atoms with van der Waals surface area (Å²) in [6.07, 6.45) is 0. The van der Waals surface area contributed by atoms with Gasteiger partial charge in [0.15, 0.2) is 5.96 Å². The van der Waals surface area contributed by atoms with Crippen LogP contribution in [0.25, 0.3) is 0 Å². The largest absolute Gasteiger partial charge is 0.370 e. The molecule has 7 nitrogen and oxygen atoms in total. The standard InChI is InChI=1S/C12H16N6O/c1-12(2)8-4-3-6(5-7(8)9(19)18-12)16-11(15)17-10(13)14/h3-5H,1-2H3,(H,18,19)(H6,13,14,15,16,17). The number of hydrogen-bond acceptors (Lipinski definition) is 2. The van der Waals surface area contributed by atoms with E-state index in [1.807, 2.05) is 19.9 Å². The van der Waals surface area contributed by atoms with Crippen LogP contribution in [0.4, 0.5) is 5.69 Å². The minimum Gasteiger partial charge on any atom is -0.370 e. The molecule has 1 aliphatic rings. The molecule has 0 radical (unpaired) electrons. The molecular formula is C12H16N6O. The molecule has 0 atom stereocenters. The van der Waals surface area contributed by atoms with Gasteiger partial charge in [-0.25, -0.2) is 4.99 Å². The van der Waals surface area contributed by atoms with Crippen LogP contribution in [0.2, 0.25) is 0 Å². The number of carbonyl (C=O) groups is 1. The molecule has 0 saturated heterocycles. The number of nitrogens with two attached hydrogens (primary N) is 3. The zero-order chi connectivity index (χ0) is 14.2. The zero-order valence-electron chi connectivity index (χ0n) is 10.8. The highest BCUT2D eigenvalue weighted by Gasteiger charge is 2.34. The molecule has 1 amide bonds. The van der Waals surface area contributed by atoms with E-state index in [9.17, 15) is 4.79 Å². The van der Waals surface area contributed by atoms with E-state index in [0.29, 0.717) is 11.3 Å². The van der Waals surface area contributed by atoms with Gasteiger partial charge in [-0.3, -0.25) is 4.79 Å². The first-order valence-corrected chi connectivity index (χ1v) is 5.70. The van der Waals surface area contributed by atoms with Crippen molar-refractivity contribution in [2.45, 2.75) is 19.4 Å². The van der Waals surface area contributed by atoms with E-state index < -0.39 is 0 Å². The average Bonchev–Trinajstić information content (AvgIpc) is 2.48. The number of benzene rings is 1. The van der Waals surface area contributed by atoms with Gasteiger partial charge in [-0.2, -0.15) is 4.99 Å². The second-order valence-electron chi connectivity index (χ2n) is 4.82. The first kappa shape index (κ1) is 12.9. The van der Waals surface area contributed by atoms with E-state index in [1.165, 1.54) is 0 Å². The number of fused-ring (bicyclic) bond motifs is 1. The summed E-state index contributed by atoms with van der Waals surface area (Å²) in [4.78, 5) is 19.5. The molecule has 0 bridgehead atoms. The third-order valence-electron chi connectivity index (χ3n) is 2.83. The Hall–Kier alpha value is -2.57. The van der Waals surface area contributed by atoms with Crippen LogP contribution in [0.1, 0.15) is 29.8 Å². The Balaban J connectivity index is 2.41. The Bertz CT molecular complexity index is 598. The Morgan fingerprint density at radius 1 is 1.26 bits per heavy atom. The van der Waals surface area contributed by atoms with Gasteiger partial charge < -0.3 is 22.5 Å². The maximum absolute atomic E-state index is 11.8. The smallest absolute Gasteiger partial charge is 0.252 e. The van der Waals surface area contributed by atoms with Crippen molar-refractivity contribution in [3.63, 3.8) is 0 Å². The van der Waals surface area contributed by atoms with Crippen LogP contribution in [0.5, 0.6) is 0 Å². The van der Waals surface area contributed by atoms with Crippen LogP contribution in [0.3, 0.4) is 0 Å². The number of hydrogen-bond donors (Lipinski definition) is 4. The maximum atomic E-state index is 11.8. The van der Waals surface area contributed by atoms with E-state index in [2.05, 4.69) is 15.3 Å². The highest BCUT2D eigenvalue weighted by Crippen LogP contribution is 2.32. The van der Waals surface area contributed by atoms with Gasteiger partial charge in [-0.05, 0) is 31.5 Å². The van der Waals surface area contributed by atoms with E-state index in [0.717, 1.165) is 5.56 Å². The van der Waals surface area contributed by atoms with Crippen molar-refractivity contribution in [2.75, 3.05) is 0 Å². The summed E-state index contributed by atoms with van der Waals surface area (Å²) < 4.78 is 0. The lowest BCUT2D eigenvalue weighted by Gasteiger charge is -2.18. The highest BCUT2D eigenvalue weighted by atomic mass is 16.2. The molecule has 0 unspecified atom stereocenters. The fraction of sp³-hybridized carbons (Fsp3) is 0.250. The second kappa shape index (κ2) is 4.27. The third kappa shape index (κ3) is 2.49. The Morgan fingerprint density at radius 2 is 1.95 bits per heavy atom. The third-order valence-corrected chi connectivity index (χ3v) is 2.83. The number of nitrogens with one attached hydrogen (secondary N) is 1. The van der Waals surface area contributed by atoms with Gasteiger partial charge in [-0.15, -0.1) is 0 Å². The predicted molar refractivity (Wildman–Crippen MR) is 74.0 cm³/mol. The molecule has 1 heterocycles. The summed E-state index contributed by atoms with van der Waals surface area (Å²) in [5.41, 5.74) is 17.6. The van der Waals surface area contributed by atoms with Gasteiger partial charge in [0, 0.05) is 5.56 Å². The molecule has 1 aliphatic heterocycles. The summed E-state index contributed by atoms with van der Waals surface area (Å²) in [7, 11) is 0. The molecule has 0 aromatic heterocycles. The highest BCUT2D eigenvalue weighted by molar-refractivity contribution is 6.01. The topological polar surface area (TPSA) is 132 Å². The van der Waals surface area contributed by atoms with Crippen LogP contribution >= 0.6 is 0 Å². The number of amides is 1. The van der Waals surface area contributed by atoms with Crippen molar-refractivity contribution in [1.29, 1.82) is 0 Å². The number of nitrogens with zero attached hydrogens (tertiary/aromatic N) is 2. The first-order chi connectivity index (χ1) is 8.79. The summed E-state index contributed by atoms with van der Waals surface area (Å²) in [5.74, 6) is -0.351. The predicted octanol–water partition coefficient (Wildman–Crippen LogP) is -0.115. The molecule has 0 saturated carbocycles. The minimum absolute atomic E-state index is 0.0578. The molecule has 7 heteroatoms. The number of rotatable bonds is 1.